The molecule has 0 aromatic heterocycles. The molecule has 2 rings (SSSR count). The van der Waals surface area contributed by atoms with E-state index in [0.717, 1.165) is 18.2 Å². The SMILES string of the molecule is CC(C)(O)CNC1CCCCC1.Cl.O=C(O)/C=C/c1ccccc1. The van der Waals surface area contributed by atoms with Gasteiger partial charge in [-0.1, -0.05) is 49.6 Å². The average molecular weight is 356 g/mol. The molecule has 0 spiro atoms. The number of carboxylic acid groups (broad SMARTS) is 1. The molecule has 0 bridgehead atoms. The molecule has 0 aliphatic heterocycles. The highest BCUT2D eigenvalue weighted by atomic mass is 35.5. The maximum Gasteiger partial charge on any atom is 0.328 e. The van der Waals surface area contributed by atoms with E-state index in [4.69, 9.17) is 5.11 Å². The van der Waals surface area contributed by atoms with Gasteiger partial charge in [0, 0.05) is 18.7 Å². The highest BCUT2D eigenvalue weighted by Gasteiger charge is 2.17. The molecule has 1 saturated carbocycles. The summed E-state index contributed by atoms with van der Waals surface area (Å²) in [6.45, 7) is 4.42. The number of carboxylic acids is 1. The number of halogens is 1. The zero-order valence-corrected chi connectivity index (χ0v) is 15.4. The van der Waals surface area contributed by atoms with Crippen molar-refractivity contribution in [3.63, 3.8) is 0 Å². The van der Waals surface area contributed by atoms with E-state index in [1.165, 1.54) is 32.1 Å². The highest BCUT2D eigenvalue weighted by Crippen LogP contribution is 2.17. The summed E-state index contributed by atoms with van der Waals surface area (Å²) in [5.41, 5.74) is 0.340. The summed E-state index contributed by atoms with van der Waals surface area (Å²) in [5, 5.41) is 21.2. The van der Waals surface area contributed by atoms with Gasteiger partial charge in [-0.3, -0.25) is 0 Å². The van der Waals surface area contributed by atoms with Crippen LogP contribution in [0.5, 0.6) is 0 Å². The third-order valence-electron chi connectivity index (χ3n) is 3.65. The smallest absolute Gasteiger partial charge is 0.328 e. The van der Waals surface area contributed by atoms with E-state index >= 15 is 0 Å². The minimum Gasteiger partial charge on any atom is -0.478 e. The molecule has 1 aliphatic rings. The average Bonchev–Trinajstić information content (AvgIpc) is 2.53. The van der Waals surface area contributed by atoms with Crippen molar-refractivity contribution in [2.75, 3.05) is 6.54 Å². The molecular weight excluding hydrogens is 326 g/mol. The molecule has 1 aliphatic carbocycles. The fraction of sp³-hybridized carbons (Fsp3) is 0.526. The fourth-order valence-electron chi connectivity index (χ4n) is 2.43. The van der Waals surface area contributed by atoms with Crippen LogP contribution < -0.4 is 5.32 Å². The lowest BCUT2D eigenvalue weighted by Gasteiger charge is -2.26. The first-order chi connectivity index (χ1) is 10.9. The predicted molar refractivity (Wildman–Crippen MR) is 102 cm³/mol. The molecule has 3 N–H and O–H groups in total. The molecule has 4 nitrogen and oxygen atoms in total. The van der Waals surface area contributed by atoms with Crippen molar-refractivity contribution in [2.45, 2.75) is 57.6 Å². The number of aliphatic carboxylic acids is 1. The van der Waals surface area contributed by atoms with Crippen LogP contribution in [0.4, 0.5) is 0 Å². The van der Waals surface area contributed by atoms with Gasteiger partial charge in [0.15, 0.2) is 0 Å². The number of carbonyl (C=O) groups is 1. The van der Waals surface area contributed by atoms with Gasteiger partial charge in [-0.2, -0.15) is 0 Å². The van der Waals surface area contributed by atoms with Gasteiger partial charge in [0.05, 0.1) is 5.60 Å². The van der Waals surface area contributed by atoms with Crippen LogP contribution in [-0.4, -0.2) is 34.4 Å². The minimum absolute atomic E-state index is 0. The largest absolute Gasteiger partial charge is 0.478 e. The fourth-order valence-corrected chi connectivity index (χ4v) is 2.43. The lowest BCUT2D eigenvalue weighted by atomic mass is 9.95. The van der Waals surface area contributed by atoms with Crippen LogP contribution >= 0.6 is 12.4 Å². The first kappa shape index (κ1) is 22.6. The first-order valence-corrected chi connectivity index (χ1v) is 8.28. The third-order valence-corrected chi connectivity index (χ3v) is 3.65. The van der Waals surface area contributed by atoms with Crippen LogP contribution in [0, 0.1) is 0 Å². The van der Waals surface area contributed by atoms with Crippen molar-refractivity contribution in [3.8, 4) is 0 Å². The summed E-state index contributed by atoms with van der Waals surface area (Å²) in [5.74, 6) is -0.922. The number of hydrogen-bond donors (Lipinski definition) is 3. The summed E-state index contributed by atoms with van der Waals surface area (Å²) in [6.07, 6.45) is 9.34. The molecule has 0 radical (unpaired) electrons. The van der Waals surface area contributed by atoms with Gasteiger partial charge in [0.25, 0.3) is 0 Å². The van der Waals surface area contributed by atoms with Crippen LogP contribution in [0.2, 0.25) is 0 Å². The maximum absolute atomic E-state index is 10.1. The van der Waals surface area contributed by atoms with Gasteiger partial charge in [-0.25, -0.2) is 4.79 Å². The zero-order chi connectivity index (χ0) is 17.1. The molecule has 136 valence electrons. The van der Waals surface area contributed by atoms with Gasteiger partial charge in [-0.05, 0) is 38.3 Å². The number of benzene rings is 1. The van der Waals surface area contributed by atoms with Gasteiger partial charge in [-0.15, -0.1) is 12.4 Å². The van der Waals surface area contributed by atoms with E-state index in [9.17, 15) is 9.90 Å². The molecule has 1 aromatic rings. The van der Waals surface area contributed by atoms with Gasteiger partial charge in [0.2, 0.25) is 0 Å². The molecule has 24 heavy (non-hydrogen) atoms. The van der Waals surface area contributed by atoms with Crippen LogP contribution in [0.3, 0.4) is 0 Å². The van der Waals surface area contributed by atoms with Crippen molar-refractivity contribution >= 4 is 24.5 Å². The van der Waals surface area contributed by atoms with Crippen LogP contribution in [-0.2, 0) is 4.79 Å². The second-order valence-electron chi connectivity index (χ2n) is 6.61. The Kier molecular flexibility index (Phi) is 11.4. The predicted octanol–water partition coefficient (Wildman–Crippen LogP) is 3.89. The molecule has 0 atom stereocenters. The Bertz CT molecular complexity index is 477. The Morgan fingerprint density at radius 2 is 1.79 bits per heavy atom. The third kappa shape index (κ3) is 12.1. The quantitative estimate of drug-likeness (QED) is 0.701. The van der Waals surface area contributed by atoms with Gasteiger partial charge in [0.1, 0.15) is 0 Å². The normalized spacial score (nSPS) is 15.3. The molecule has 0 heterocycles. The number of hydrogen-bond acceptors (Lipinski definition) is 3. The Hall–Kier alpha value is -1.36. The molecule has 5 heteroatoms. The summed E-state index contributed by atoms with van der Waals surface area (Å²) in [6, 6.07) is 9.96. The lowest BCUT2D eigenvalue weighted by molar-refractivity contribution is -0.131. The Morgan fingerprint density at radius 3 is 2.29 bits per heavy atom. The monoisotopic (exact) mass is 355 g/mol. The van der Waals surface area contributed by atoms with Gasteiger partial charge < -0.3 is 15.5 Å². The van der Waals surface area contributed by atoms with Crippen LogP contribution in [0.15, 0.2) is 36.4 Å². The summed E-state index contributed by atoms with van der Waals surface area (Å²) in [7, 11) is 0. The molecule has 0 saturated heterocycles. The molecule has 1 fully saturated rings. The summed E-state index contributed by atoms with van der Waals surface area (Å²) >= 11 is 0. The molecule has 1 aromatic carbocycles. The van der Waals surface area contributed by atoms with E-state index < -0.39 is 11.6 Å². The van der Waals surface area contributed by atoms with Crippen LogP contribution in [0.1, 0.15) is 51.5 Å². The van der Waals surface area contributed by atoms with Gasteiger partial charge >= 0.3 is 5.97 Å². The second kappa shape index (κ2) is 12.1. The van der Waals surface area contributed by atoms with E-state index in [0.29, 0.717) is 6.04 Å². The van der Waals surface area contributed by atoms with Crippen molar-refractivity contribution in [2.24, 2.45) is 0 Å². The number of nitrogens with one attached hydrogen (secondary N) is 1. The Morgan fingerprint density at radius 1 is 1.21 bits per heavy atom. The second-order valence-corrected chi connectivity index (χ2v) is 6.61. The standard InChI is InChI=1S/C10H21NO.C9H8O2.ClH/c1-10(2,12)8-11-9-6-4-3-5-7-9;10-9(11)7-6-8-4-2-1-3-5-8;/h9,11-12H,3-8H2,1-2H3;1-7H,(H,10,11);1H/b;7-6+;. The first-order valence-electron chi connectivity index (χ1n) is 8.28. The topological polar surface area (TPSA) is 69.6 Å². The van der Waals surface area contributed by atoms with E-state index in [-0.39, 0.29) is 12.4 Å². The van der Waals surface area contributed by atoms with Crippen molar-refractivity contribution in [1.29, 1.82) is 0 Å². The van der Waals surface area contributed by atoms with E-state index in [1.807, 2.05) is 44.2 Å². The summed E-state index contributed by atoms with van der Waals surface area (Å²) in [4.78, 5) is 10.1. The van der Waals surface area contributed by atoms with E-state index in [1.54, 1.807) is 6.08 Å². The Balaban J connectivity index is 0.000000425. The summed E-state index contributed by atoms with van der Waals surface area (Å²) < 4.78 is 0. The van der Waals surface area contributed by atoms with Crippen LogP contribution in [0.25, 0.3) is 6.08 Å². The minimum atomic E-state index is -0.922. The number of aliphatic hydroxyl groups is 1. The lowest BCUT2D eigenvalue weighted by Crippen LogP contribution is -2.41. The number of rotatable bonds is 5. The van der Waals surface area contributed by atoms with E-state index in [2.05, 4.69) is 5.32 Å². The maximum atomic E-state index is 10.1. The van der Waals surface area contributed by atoms with Crippen molar-refractivity contribution in [3.05, 3.63) is 42.0 Å². The highest BCUT2D eigenvalue weighted by molar-refractivity contribution is 5.85. The Labute approximate surface area is 151 Å². The zero-order valence-electron chi connectivity index (χ0n) is 14.6. The van der Waals surface area contributed by atoms with Crippen molar-refractivity contribution < 1.29 is 15.0 Å². The molecule has 0 unspecified atom stereocenters. The molecular formula is C19H30ClNO3. The van der Waals surface area contributed by atoms with Crippen molar-refractivity contribution in [1.82, 2.24) is 5.32 Å². The molecule has 0 amide bonds.